The minimum absolute atomic E-state index is 0.0652. The molecule has 0 fully saturated rings. The average molecular weight is 399 g/mol. The summed E-state index contributed by atoms with van der Waals surface area (Å²) in [5, 5.41) is 13.0. The number of aromatic amines is 1. The van der Waals surface area contributed by atoms with E-state index >= 15 is 0 Å². The fourth-order valence-corrected chi connectivity index (χ4v) is 2.43. The molecule has 0 saturated carbocycles. The number of rotatable bonds is 6. The lowest BCUT2D eigenvalue weighted by Crippen LogP contribution is -2.16. The molecule has 29 heavy (non-hydrogen) atoms. The summed E-state index contributed by atoms with van der Waals surface area (Å²) >= 11 is 0. The van der Waals surface area contributed by atoms with Crippen LogP contribution in [-0.2, 0) is 0 Å². The van der Waals surface area contributed by atoms with E-state index in [2.05, 4.69) is 25.2 Å². The molecule has 7 nitrogen and oxygen atoms in total. The first kappa shape index (κ1) is 19.6. The minimum atomic E-state index is -3.09. The van der Waals surface area contributed by atoms with Crippen LogP contribution in [0, 0.1) is 17.1 Å². The quantitative estimate of drug-likeness (QED) is 0.488. The van der Waals surface area contributed by atoms with Crippen LogP contribution >= 0.6 is 0 Å². The molecule has 3 rings (SSSR count). The van der Waals surface area contributed by atoms with Crippen LogP contribution in [0.15, 0.2) is 58.4 Å². The van der Waals surface area contributed by atoms with Crippen molar-refractivity contribution in [1.29, 1.82) is 5.26 Å². The molecule has 0 spiro atoms. The number of hydrazone groups is 1. The number of nitriles is 1. The lowest BCUT2D eigenvalue weighted by atomic mass is 10.1. The predicted octanol–water partition coefficient (Wildman–Crippen LogP) is 3.50. The van der Waals surface area contributed by atoms with Crippen LogP contribution in [0.25, 0.3) is 11.3 Å². The molecule has 0 aliphatic heterocycles. The number of hydrogen-bond acceptors (Lipinski definition) is 6. The topological polar surface area (TPSA) is 103 Å². The van der Waals surface area contributed by atoms with Crippen LogP contribution in [0.1, 0.15) is 11.1 Å². The molecular formula is C19H12F3N5O2. The first-order valence-corrected chi connectivity index (χ1v) is 8.10. The zero-order valence-electron chi connectivity index (χ0n) is 14.6. The van der Waals surface area contributed by atoms with Crippen molar-refractivity contribution < 1.29 is 17.9 Å². The second kappa shape index (κ2) is 8.71. The number of anilines is 1. The molecule has 0 aliphatic carbocycles. The van der Waals surface area contributed by atoms with Crippen molar-refractivity contribution in [3.05, 3.63) is 75.8 Å². The Morgan fingerprint density at radius 3 is 2.69 bits per heavy atom. The summed E-state index contributed by atoms with van der Waals surface area (Å²) < 4.78 is 42.2. The van der Waals surface area contributed by atoms with Crippen molar-refractivity contribution in [2.24, 2.45) is 5.10 Å². The third-order valence-corrected chi connectivity index (χ3v) is 3.58. The predicted molar refractivity (Wildman–Crippen MR) is 99.3 cm³/mol. The number of alkyl halides is 2. The lowest BCUT2D eigenvalue weighted by molar-refractivity contribution is -0.0499. The van der Waals surface area contributed by atoms with Crippen LogP contribution in [0.2, 0.25) is 0 Å². The standard InChI is InChI=1S/C19H12F3N5O2/c20-13-6-11(7-14(8-13)29-18(21)22)10-24-27-19-25-16(12-4-2-1-3-5-12)15(9-23)17(28)26-19/h1-8,10,18H,(H2,25,26,27,28). The van der Waals surface area contributed by atoms with Gasteiger partial charge in [-0.05, 0) is 12.1 Å². The Hall–Kier alpha value is -4.13. The van der Waals surface area contributed by atoms with Crippen molar-refractivity contribution in [2.45, 2.75) is 6.61 Å². The van der Waals surface area contributed by atoms with E-state index in [4.69, 9.17) is 0 Å². The van der Waals surface area contributed by atoms with E-state index in [9.17, 15) is 23.2 Å². The third-order valence-electron chi connectivity index (χ3n) is 3.58. The highest BCUT2D eigenvalue weighted by Gasteiger charge is 2.13. The Balaban J connectivity index is 1.86. The molecule has 1 aromatic heterocycles. The van der Waals surface area contributed by atoms with Gasteiger partial charge in [0.05, 0.1) is 11.9 Å². The largest absolute Gasteiger partial charge is 0.435 e. The molecule has 0 amide bonds. The van der Waals surface area contributed by atoms with E-state index in [0.29, 0.717) is 5.56 Å². The second-order valence-electron chi connectivity index (χ2n) is 5.58. The highest BCUT2D eigenvalue weighted by molar-refractivity contribution is 5.80. The molecule has 1 heterocycles. The SMILES string of the molecule is N#Cc1c(-c2ccccc2)nc(NN=Cc2cc(F)cc(OC(F)F)c2)[nH]c1=O. The van der Waals surface area contributed by atoms with E-state index in [1.807, 2.05) is 6.07 Å². The smallest absolute Gasteiger partial charge is 0.387 e. The van der Waals surface area contributed by atoms with E-state index in [0.717, 1.165) is 24.4 Å². The monoisotopic (exact) mass is 399 g/mol. The van der Waals surface area contributed by atoms with Gasteiger partial charge in [0, 0.05) is 17.2 Å². The molecule has 0 bridgehead atoms. The third kappa shape index (κ3) is 4.98. The summed E-state index contributed by atoms with van der Waals surface area (Å²) in [4.78, 5) is 18.7. The molecule has 0 unspecified atom stereocenters. The van der Waals surface area contributed by atoms with Gasteiger partial charge in [-0.25, -0.2) is 14.8 Å². The summed E-state index contributed by atoms with van der Waals surface area (Å²) in [7, 11) is 0. The molecule has 0 atom stereocenters. The Morgan fingerprint density at radius 2 is 2.00 bits per heavy atom. The van der Waals surface area contributed by atoms with E-state index in [-0.39, 0.29) is 28.5 Å². The van der Waals surface area contributed by atoms with E-state index in [1.165, 1.54) is 0 Å². The zero-order valence-corrected chi connectivity index (χ0v) is 14.6. The maximum absolute atomic E-state index is 13.5. The van der Waals surface area contributed by atoms with Gasteiger partial charge < -0.3 is 4.74 Å². The normalized spacial score (nSPS) is 10.9. The first-order chi connectivity index (χ1) is 14.0. The van der Waals surface area contributed by atoms with Crippen LogP contribution in [0.3, 0.4) is 0 Å². The summed E-state index contributed by atoms with van der Waals surface area (Å²) in [5.41, 5.74) is 2.47. The number of hydrogen-bond donors (Lipinski definition) is 2. The molecule has 2 N–H and O–H groups in total. The summed E-state index contributed by atoms with van der Waals surface area (Å²) in [6.07, 6.45) is 1.13. The van der Waals surface area contributed by atoms with Gasteiger partial charge in [0.1, 0.15) is 23.2 Å². The van der Waals surface area contributed by atoms with Gasteiger partial charge >= 0.3 is 6.61 Å². The molecule has 10 heteroatoms. The maximum Gasteiger partial charge on any atom is 0.387 e. The van der Waals surface area contributed by atoms with Gasteiger partial charge in [-0.15, -0.1) is 0 Å². The van der Waals surface area contributed by atoms with Gasteiger partial charge in [-0.2, -0.15) is 19.1 Å². The summed E-state index contributed by atoms with van der Waals surface area (Å²) in [5.74, 6) is -1.22. The number of nitrogens with one attached hydrogen (secondary N) is 2. The van der Waals surface area contributed by atoms with Crippen molar-refractivity contribution in [3.8, 4) is 23.1 Å². The first-order valence-electron chi connectivity index (χ1n) is 8.10. The number of ether oxygens (including phenoxy) is 1. The summed E-state index contributed by atoms with van der Waals surface area (Å²) in [6, 6.07) is 13.4. The molecule has 2 aromatic carbocycles. The number of H-pyrrole nitrogens is 1. The van der Waals surface area contributed by atoms with Gasteiger partial charge in [-0.1, -0.05) is 30.3 Å². The van der Waals surface area contributed by atoms with Crippen molar-refractivity contribution in [1.82, 2.24) is 9.97 Å². The highest BCUT2D eigenvalue weighted by Crippen LogP contribution is 2.20. The molecule has 146 valence electrons. The fourth-order valence-electron chi connectivity index (χ4n) is 2.43. The molecular weight excluding hydrogens is 387 g/mol. The highest BCUT2D eigenvalue weighted by atomic mass is 19.3. The van der Waals surface area contributed by atoms with Crippen LogP contribution in [0.5, 0.6) is 5.75 Å². The van der Waals surface area contributed by atoms with E-state index in [1.54, 1.807) is 30.3 Å². The minimum Gasteiger partial charge on any atom is -0.435 e. The van der Waals surface area contributed by atoms with Crippen molar-refractivity contribution in [2.75, 3.05) is 5.43 Å². The maximum atomic E-state index is 13.5. The molecule has 0 aliphatic rings. The number of nitrogens with zero attached hydrogens (tertiary/aromatic N) is 3. The second-order valence-corrected chi connectivity index (χ2v) is 5.58. The Morgan fingerprint density at radius 1 is 1.24 bits per heavy atom. The van der Waals surface area contributed by atoms with Gasteiger partial charge in [0.2, 0.25) is 5.95 Å². The van der Waals surface area contributed by atoms with Crippen LogP contribution < -0.4 is 15.7 Å². The van der Waals surface area contributed by atoms with Gasteiger partial charge in [0.15, 0.2) is 0 Å². The fraction of sp³-hybridized carbons (Fsp3) is 0.0526. The Labute approximate surface area is 162 Å². The number of benzene rings is 2. The molecule has 0 radical (unpaired) electrons. The molecule has 3 aromatic rings. The van der Waals surface area contributed by atoms with Crippen molar-refractivity contribution >= 4 is 12.2 Å². The Bertz CT molecular complexity index is 1140. The Kier molecular flexibility index (Phi) is 5.89. The molecule has 0 saturated heterocycles. The van der Waals surface area contributed by atoms with Crippen LogP contribution in [0.4, 0.5) is 19.1 Å². The lowest BCUT2D eigenvalue weighted by Gasteiger charge is -2.06. The van der Waals surface area contributed by atoms with Gasteiger partial charge in [-0.3, -0.25) is 9.78 Å². The number of halogens is 3. The number of aromatic nitrogens is 2. The summed E-state index contributed by atoms with van der Waals surface area (Å²) in [6.45, 7) is -3.09. The zero-order chi connectivity index (χ0) is 20.8. The van der Waals surface area contributed by atoms with Crippen LogP contribution in [-0.4, -0.2) is 22.8 Å². The average Bonchev–Trinajstić information content (AvgIpc) is 2.67. The van der Waals surface area contributed by atoms with Crippen molar-refractivity contribution in [3.63, 3.8) is 0 Å². The van der Waals surface area contributed by atoms with E-state index < -0.39 is 18.0 Å². The van der Waals surface area contributed by atoms with Gasteiger partial charge in [0.25, 0.3) is 5.56 Å².